The van der Waals surface area contributed by atoms with Crippen LogP contribution in [0.1, 0.15) is 13.3 Å². The van der Waals surface area contributed by atoms with Crippen molar-refractivity contribution in [2.45, 2.75) is 25.7 Å². The fourth-order valence-corrected chi connectivity index (χ4v) is 1.76. The topological polar surface area (TPSA) is 44.8 Å². The van der Waals surface area contributed by atoms with Gasteiger partial charge in [-0.15, -0.1) is 0 Å². The zero-order valence-electron chi connectivity index (χ0n) is 6.99. The molecule has 0 aromatic carbocycles. The van der Waals surface area contributed by atoms with E-state index in [2.05, 4.69) is 0 Å². The summed E-state index contributed by atoms with van der Waals surface area (Å²) in [5.74, 6) is 0.0186. The van der Waals surface area contributed by atoms with Gasteiger partial charge >= 0.3 is 5.97 Å². The Hall–Kier alpha value is -0.610. The standard InChI is InChI=1S/C8H12O4/c1-5(9)12-7-4-11-8-6(7)2-3-10-8/h6-8H,2-4H2,1H3/t6-,7+,8-/m0/s1. The molecule has 0 saturated carbocycles. The zero-order valence-corrected chi connectivity index (χ0v) is 6.99. The maximum absolute atomic E-state index is 10.7. The van der Waals surface area contributed by atoms with Crippen molar-refractivity contribution in [2.24, 2.45) is 5.92 Å². The van der Waals surface area contributed by atoms with Gasteiger partial charge in [-0.2, -0.15) is 0 Å². The minimum Gasteiger partial charge on any atom is -0.460 e. The molecule has 0 amide bonds. The van der Waals surface area contributed by atoms with Crippen molar-refractivity contribution in [1.82, 2.24) is 0 Å². The molecule has 2 rings (SSSR count). The second-order valence-electron chi connectivity index (χ2n) is 3.17. The number of fused-ring (bicyclic) bond motifs is 1. The number of hydrogen-bond acceptors (Lipinski definition) is 4. The molecule has 0 radical (unpaired) electrons. The lowest BCUT2D eigenvalue weighted by Crippen LogP contribution is -2.25. The van der Waals surface area contributed by atoms with Gasteiger partial charge in [0.15, 0.2) is 6.29 Å². The Morgan fingerprint density at radius 1 is 1.50 bits per heavy atom. The van der Waals surface area contributed by atoms with Gasteiger partial charge in [0, 0.05) is 6.92 Å². The molecule has 0 unspecified atom stereocenters. The summed E-state index contributed by atoms with van der Waals surface area (Å²) in [5.41, 5.74) is 0. The maximum Gasteiger partial charge on any atom is 0.302 e. The number of carbonyl (C=O) groups excluding carboxylic acids is 1. The Morgan fingerprint density at radius 3 is 3.08 bits per heavy atom. The molecule has 0 aliphatic carbocycles. The fourth-order valence-electron chi connectivity index (χ4n) is 1.76. The Kier molecular flexibility index (Phi) is 2.02. The molecule has 0 aromatic rings. The smallest absolute Gasteiger partial charge is 0.302 e. The molecule has 3 atom stereocenters. The predicted molar refractivity (Wildman–Crippen MR) is 39.4 cm³/mol. The summed E-state index contributed by atoms with van der Waals surface area (Å²) in [6.07, 6.45) is 0.715. The Labute approximate surface area is 70.8 Å². The van der Waals surface area contributed by atoms with E-state index in [-0.39, 0.29) is 24.3 Å². The molecule has 0 N–H and O–H groups in total. The molecule has 2 aliphatic heterocycles. The molecular weight excluding hydrogens is 160 g/mol. The molecule has 2 fully saturated rings. The molecule has 68 valence electrons. The van der Waals surface area contributed by atoms with Crippen LogP contribution in [0.2, 0.25) is 0 Å². The van der Waals surface area contributed by atoms with Crippen LogP contribution < -0.4 is 0 Å². The van der Waals surface area contributed by atoms with Crippen molar-refractivity contribution in [3.63, 3.8) is 0 Å². The molecular formula is C8H12O4. The van der Waals surface area contributed by atoms with E-state index < -0.39 is 0 Å². The monoisotopic (exact) mass is 172 g/mol. The van der Waals surface area contributed by atoms with Gasteiger partial charge in [0.1, 0.15) is 6.10 Å². The quantitative estimate of drug-likeness (QED) is 0.534. The predicted octanol–water partition coefficient (Wildman–Crippen LogP) is 0.311. The first-order valence-electron chi connectivity index (χ1n) is 4.18. The zero-order chi connectivity index (χ0) is 8.55. The van der Waals surface area contributed by atoms with Gasteiger partial charge in [-0.1, -0.05) is 0 Å². The summed E-state index contributed by atoms with van der Waals surface area (Å²) in [6.45, 7) is 2.62. The van der Waals surface area contributed by atoms with Gasteiger partial charge in [0.05, 0.1) is 19.1 Å². The molecule has 0 bridgehead atoms. The van der Waals surface area contributed by atoms with E-state index in [9.17, 15) is 4.79 Å². The Balaban J connectivity index is 1.95. The number of ether oxygens (including phenoxy) is 3. The van der Waals surface area contributed by atoms with Gasteiger partial charge in [-0.25, -0.2) is 0 Å². The van der Waals surface area contributed by atoms with Gasteiger partial charge < -0.3 is 14.2 Å². The van der Waals surface area contributed by atoms with Crippen LogP contribution in [-0.2, 0) is 19.0 Å². The number of rotatable bonds is 1. The van der Waals surface area contributed by atoms with E-state index in [1.807, 2.05) is 0 Å². The first kappa shape index (κ1) is 8.01. The summed E-state index contributed by atoms with van der Waals surface area (Å²) in [4.78, 5) is 10.7. The van der Waals surface area contributed by atoms with Crippen molar-refractivity contribution in [3.8, 4) is 0 Å². The van der Waals surface area contributed by atoms with Gasteiger partial charge in [0.2, 0.25) is 0 Å². The van der Waals surface area contributed by atoms with E-state index in [1.54, 1.807) is 0 Å². The number of esters is 1. The summed E-state index contributed by atoms with van der Waals surface area (Å²) in [6, 6.07) is 0. The minimum absolute atomic E-state index is 0.0880. The van der Waals surface area contributed by atoms with Gasteiger partial charge in [-0.3, -0.25) is 4.79 Å². The molecule has 2 aliphatic rings. The van der Waals surface area contributed by atoms with E-state index in [0.717, 1.165) is 6.42 Å². The molecule has 2 heterocycles. The lowest BCUT2D eigenvalue weighted by Gasteiger charge is -2.13. The van der Waals surface area contributed by atoms with E-state index in [1.165, 1.54) is 6.92 Å². The van der Waals surface area contributed by atoms with E-state index in [0.29, 0.717) is 13.2 Å². The SMILES string of the molecule is CC(=O)O[C@@H]1CO[C@@H]2OCC[C@H]21. The lowest BCUT2D eigenvalue weighted by molar-refractivity contribution is -0.147. The summed E-state index contributed by atoms with van der Waals surface area (Å²) < 4.78 is 15.6. The lowest BCUT2D eigenvalue weighted by atomic mass is 10.0. The van der Waals surface area contributed by atoms with Crippen LogP contribution in [-0.4, -0.2) is 31.6 Å². The second kappa shape index (κ2) is 3.03. The second-order valence-corrected chi connectivity index (χ2v) is 3.17. The van der Waals surface area contributed by atoms with Crippen LogP contribution >= 0.6 is 0 Å². The molecule has 2 saturated heterocycles. The number of hydrogen-bond donors (Lipinski definition) is 0. The third-order valence-corrected chi connectivity index (χ3v) is 2.30. The molecule has 0 aromatic heterocycles. The highest BCUT2D eigenvalue weighted by Crippen LogP contribution is 2.32. The first-order chi connectivity index (χ1) is 5.77. The Bertz CT molecular complexity index is 191. The average molecular weight is 172 g/mol. The van der Waals surface area contributed by atoms with Crippen molar-refractivity contribution in [2.75, 3.05) is 13.2 Å². The Morgan fingerprint density at radius 2 is 2.33 bits per heavy atom. The fraction of sp³-hybridized carbons (Fsp3) is 0.875. The largest absolute Gasteiger partial charge is 0.460 e. The summed E-state index contributed by atoms with van der Waals surface area (Å²) in [7, 11) is 0. The van der Waals surface area contributed by atoms with Crippen molar-refractivity contribution >= 4 is 5.97 Å². The van der Waals surface area contributed by atoms with Crippen LogP contribution in [0.4, 0.5) is 0 Å². The maximum atomic E-state index is 10.7. The van der Waals surface area contributed by atoms with Crippen LogP contribution in [0.15, 0.2) is 0 Å². The normalized spacial score (nSPS) is 39.6. The minimum atomic E-state index is -0.240. The molecule has 4 heteroatoms. The van der Waals surface area contributed by atoms with Crippen molar-refractivity contribution < 1.29 is 19.0 Å². The van der Waals surface area contributed by atoms with E-state index in [4.69, 9.17) is 14.2 Å². The number of carbonyl (C=O) groups is 1. The third kappa shape index (κ3) is 1.32. The highest BCUT2D eigenvalue weighted by Gasteiger charge is 2.43. The van der Waals surface area contributed by atoms with Crippen LogP contribution in [0.25, 0.3) is 0 Å². The molecule has 4 nitrogen and oxygen atoms in total. The van der Waals surface area contributed by atoms with Gasteiger partial charge in [-0.05, 0) is 6.42 Å². The molecule has 12 heavy (non-hydrogen) atoms. The van der Waals surface area contributed by atoms with E-state index >= 15 is 0 Å². The summed E-state index contributed by atoms with van der Waals surface area (Å²) in [5, 5.41) is 0. The van der Waals surface area contributed by atoms with Crippen molar-refractivity contribution in [3.05, 3.63) is 0 Å². The van der Waals surface area contributed by atoms with Crippen molar-refractivity contribution in [1.29, 1.82) is 0 Å². The molecule has 0 spiro atoms. The van der Waals surface area contributed by atoms with Crippen LogP contribution in [0.5, 0.6) is 0 Å². The average Bonchev–Trinajstić information content (AvgIpc) is 2.52. The summed E-state index contributed by atoms with van der Waals surface area (Å²) >= 11 is 0. The van der Waals surface area contributed by atoms with Crippen LogP contribution in [0.3, 0.4) is 0 Å². The highest BCUT2D eigenvalue weighted by atomic mass is 16.7. The highest BCUT2D eigenvalue weighted by molar-refractivity contribution is 5.66. The van der Waals surface area contributed by atoms with Crippen LogP contribution in [0, 0.1) is 5.92 Å². The van der Waals surface area contributed by atoms with Gasteiger partial charge in [0.25, 0.3) is 0 Å². The third-order valence-electron chi connectivity index (χ3n) is 2.30. The first-order valence-corrected chi connectivity index (χ1v) is 4.18.